The van der Waals surface area contributed by atoms with Crippen molar-refractivity contribution in [3.63, 3.8) is 0 Å². The number of carbonyl (C=O) groups is 1. The Morgan fingerprint density at radius 2 is 1.92 bits per heavy atom. The molecule has 130 valence electrons. The summed E-state index contributed by atoms with van der Waals surface area (Å²) in [7, 11) is 1.64. The zero-order valence-electron chi connectivity index (χ0n) is 15.4. The molecule has 0 aliphatic heterocycles. The second-order valence-electron chi connectivity index (χ2n) is 6.94. The molecule has 2 aromatic carbocycles. The normalized spacial score (nSPS) is 11.6. The lowest BCUT2D eigenvalue weighted by Crippen LogP contribution is -2.34. The first kappa shape index (κ1) is 17.1. The SMILES string of the molecule is COc1ccc2[nH]cc(C(C)(C)C(=O)Nc3cccc(C)c3C)c2c1. The zero-order chi connectivity index (χ0) is 18.2. The number of hydrogen-bond donors (Lipinski definition) is 2. The summed E-state index contributed by atoms with van der Waals surface area (Å²) in [5.74, 6) is 0.740. The highest BCUT2D eigenvalue weighted by atomic mass is 16.5. The molecule has 0 spiro atoms. The third-order valence-corrected chi connectivity index (χ3v) is 4.98. The average Bonchev–Trinajstić information content (AvgIpc) is 3.02. The van der Waals surface area contributed by atoms with E-state index in [0.29, 0.717) is 0 Å². The van der Waals surface area contributed by atoms with Crippen molar-refractivity contribution >= 4 is 22.5 Å². The average molecular weight is 336 g/mol. The molecule has 1 amide bonds. The van der Waals surface area contributed by atoms with E-state index in [4.69, 9.17) is 4.74 Å². The smallest absolute Gasteiger partial charge is 0.234 e. The first-order valence-electron chi connectivity index (χ1n) is 8.38. The second kappa shape index (κ2) is 6.28. The highest BCUT2D eigenvalue weighted by Gasteiger charge is 2.32. The Morgan fingerprint density at radius 1 is 1.16 bits per heavy atom. The summed E-state index contributed by atoms with van der Waals surface area (Å²) in [5.41, 5.74) is 4.35. The van der Waals surface area contributed by atoms with E-state index in [9.17, 15) is 4.79 Å². The Labute approximate surface area is 148 Å². The van der Waals surface area contributed by atoms with Crippen molar-refractivity contribution in [1.82, 2.24) is 4.98 Å². The van der Waals surface area contributed by atoms with Gasteiger partial charge in [-0.25, -0.2) is 0 Å². The largest absolute Gasteiger partial charge is 0.497 e. The topological polar surface area (TPSA) is 54.1 Å². The van der Waals surface area contributed by atoms with E-state index in [-0.39, 0.29) is 5.91 Å². The molecular formula is C21H24N2O2. The summed E-state index contributed by atoms with van der Waals surface area (Å²) < 4.78 is 5.33. The molecule has 4 nitrogen and oxygen atoms in total. The molecule has 25 heavy (non-hydrogen) atoms. The molecule has 0 fully saturated rings. The standard InChI is InChI=1S/C21H24N2O2/c1-13-7-6-8-18(14(13)2)23-20(24)21(3,4)17-12-22-19-10-9-15(25-5)11-16(17)19/h6-12,22H,1-5H3,(H,23,24). The number of anilines is 1. The summed E-state index contributed by atoms with van der Waals surface area (Å²) >= 11 is 0. The van der Waals surface area contributed by atoms with E-state index in [1.165, 1.54) is 0 Å². The van der Waals surface area contributed by atoms with Gasteiger partial charge in [-0.2, -0.15) is 0 Å². The number of hydrogen-bond acceptors (Lipinski definition) is 2. The van der Waals surface area contributed by atoms with Crippen molar-refractivity contribution in [2.45, 2.75) is 33.1 Å². The summed E-state index contributed by atoms with van der Waals surface area (Å²) in [4.78, 5) is 16.3. The third kappa shape index (κ3) is 3.00. The van der Waals surface area contributed by atoms with Gasteiger partial charge in [-0.3, -0.25) is 4.79 Å². The lowest BCUT2D eigenvalue weighted by Gasteiger charge is -2.24. The number of aromatic amines is 1. The first-order valence-corrected chi connectivity index (χ1v) is 8.38. The predicted octanol–water partition coefficient (Wildman–Crippen LogP) is 4.71. The fraction of sp³-hybridized carbons (Fsp3) is 0.286. The van der Waals surface area contributed by atoms with E-state index < -0.39 is 5.41 Å². The van der Waals surface area contributed by atoms with Crippen LogP contribution in [0.4, 0.5) is 5.69 Å². The lowest BCUT2D eigenvalue weighted by molar-refractivity contribution is -0.120. The quantitative estimate of drug-likeness (QED) is 0.725. The minimum atomic E-state index is -0.694. The van der Waals surface area contributed by atoms with E-state index in [2.05, 4.69) is 10.3 Å². The minimum Gasteiger partial charge on any atom is -0.497 e. The van der Waals surface area contributed by atoms with Crippen LogP contribution in [0.5, 0.6) is 5.75 Å². The van der Waals surface area contributed by atoms with Crippen molar-refractivity contribution in [2.24, 2.45) is 0 Å². The van der Waals surface area contributed by atoms with Crippen molar-refractivity contribution < 1.29 is 9.53 Å². The maximum Gasteiger partial charge on any atom is 0.234 e. The van der Waals surface area contributed by atoms with Crippen molar-refractivity contribution in [1.29, 1.82) is 0 Å². The number of benzene rings is 2. The van der Waals surface area contributed by atoms with Gasteiger partial charge in [0.25, 0.3) is 0 Å². The Balaban J connectivity index is 1.98. The van der Waals surface area contributed by atoms with Gasteiger partial charge in [-0.15, -0.1) is 0 Å². The summed E-state index contributed by atoms with van der Waals surface area (Å²) in [6.07, 6.45) is 1.91. The molecule has 3 aromatic rings. The van der Waals surface area contributed by atoms with Crippen LogP contribution in [0.25, 0.3) is 10.9 Å². The molecule has 3 rings (SSSR count). The molecule has 1 heterocycles. The molecule has 0 aliphatic rings. The van der Waals surface area contributed by atoms with Crippen LogP contribution < -0.4 is 10.1 Å². The number of rotatable bonds is 4. The zero-order valence-corrected chi connectivity index (χ0v) is 15.4. The number of fused-ring (bicyclic) bond motifs is 1. The van der Waals surface area contributed by atoms with Crippen LogP contribution in [0.3, 0.4) is 0 Å². The maximum atomic E-state index is 13.0. The van der Waals surface area contributed by atoms with Gasteiger partial charge in [0.2, 0.25) is 5.91 Å². The van der Waals surface area contributed by atoms with Gasteiger partial charge in [-0.1, -0.05) is 12.1 Å². The Kier molecular flexibility index (Phi) is 4.29. The molecule has 0 saturated carbocycles. The van der Waals surface area contributed by atoms with Crippen molar-refractivity contribution in [2.75, 3.05) is 12.4 Å². The molecule has 4 heteroatoms. The molecule has 0 aliphatic carbocycles. The van der Waals surface area contributed by atoms with Crippen LogP contribution in [0.15, 0.2) is 42.6 Å². The molecule has 0 radical (unpaired) electrons. The van der Waals surface area contributed by atoms with Crippen LogP contribution in [-0.4, -0.2) is 18.0 Å². The number of carbonyl (C=O) groups excluding carboxylic acids is 1. The summed E-state index contributed by atoms with van der Waals surface area (Å²) in [6.45, 7) is 7.95. The van der Waals surface area contributed by atoms with Crippen LogP contribution in [0.2, 0.25) is 0 Å². The predicted molar refractivity (Wildman–Crippen MR) is 102 cm³/mol. The van der Waals surface area contributed by atoms with Gasteiger partial charge >= 0.3 is 0 Å². The van der Waals surface area contributed by atoms with Crippen LogP contribution in [0.1, 0.15) is 30.5 Å². The van der Waals surface area contributed by atoms with E-state index in [0.717, 1.165) is 39.0 Å². The number of aromatic nitrogens is 1. The lowest BCUT2D eigenvalue weighted by atomic mass is 9.83. The highest BCUT2D eigenvalue weighted by molar-refractivity contribution is 6.02. The van der Waals surface area contributed by atoms with E-state index >= 15 is 0 Å². The van der Waals surface area contributed by atoms with Crippen molar-refractivity contribution in [3.05, 3.63) is 59.3 Å². The first-order chi connectivity index (χ1) is 11.8. The molecule has 0 atom stereocenters. The van der Waals surface area contributed by atoms with Gasteiger partial charge in [0.15, 0.2) is 0 Å². The number of methoxy groups -OCH3 is 1. The monoisotopic (exact) mass is 336 g/mol. The van der Waals surface area contributed by atoms with Gasteiger partial charge in [-0.05, 0) is 68.7 Å². The Hall–Kier alpha value is -2.75. The van der Waals surface area contributed by atoms with Crippen LogP contribution in [0, 0.1) is 13.8 Å². The maximum absolute atomic E-state index is 13.0. The molecule has 2 N–H and O–H groups in total. The fourth-order valence-corrected chi connectivity index (χ4v) is 3.03. The molecule has 1 aromatic heterocycles. The second-order valence-corrected chi connectivity index (χ2v) is 6.94. The van der Waals surface area contributed by atoms with E-state index in [1.807, 2.05) is 70.3 Å². The van der Waals surface area contributed by atoms with Gasteiger partial charge in [0.1, 0.15) is 5.75 Å². The van der Waals surface area contributed by atoms with Gasteiger partial charge in [0, 0.05) is 22.8 Å². The summed E-state index contributed by atoms with van der Waals surface area (Å²) in [5, 5.41) is 4.09. The van der Waals surface area contributed by atoms with E-state index in [1.54, 1.807) is 7.11 Å². The van der Waals surface area contributed by atoms with Crippen molar-refractivity contribution in [3.8, 4) is 5.75 Å². The Bertz CT molecular complexity index is 938. The molecule has 0 unspecified atom stereocenters. The minimum absolute atomic E-state index is 0.0371. The highest BCUT2D eigenvalue weighted by Crippen LogP contribution is 2.34. The number of H-pyrrole nitrogens is 1. The molecule has 0 saturated heterocycles. The molecule has 0 bridgehead atoms. The number of amides is 1. The third-order valence-electron chi connectivity index (χ3n) is 4.98. The van der Waals surface area contributed by atoms with Crippen LogP contribution in [-0.2, 0) is 10.2 Å². The fourth-order valence-electron chi connectivity index (χ4n) is 3.03. The van der Waals surface area contributed by atoms with Crippen LogP contribution >= 0.6 is 0 Å². The van der Waals surface area contributed by atoms with Gasteiger partial charge in [0.05, 0.1) is 12.5 Å². The molecular weight excluding hydrogens is 312 g/mol. The summed E-state index contributed by atoms with van der Waals surface area (Å²) in [6, 6.07) is 11.8. The number of ether oxygens (including phenoxy) is 1. The Morgan fingerprint density at radius 3 is 2.64 bits per heavy atom. The number of aryl methyl sites for hydroxylation is 1. The number of nitrogens with one attached hydrogen (secondary N) is 2. The van der Waals surface area contributed by atoms with Gasteiger partial charge < -0.3 is 15.0 Å².